The molecule has 0 unspecified atom stereocenters. The quantitative estimate of drug-likeness (QED) is 0.656. The zero-order chi connectivity index (χ0) is 16.7. The van der Waals surface area contributed by atoms with E-state index in [1.165, 1.54) is 0 Å². The molecule has 4 heteroatoms. The van der Waals surface area contributed by atoms with E-state index in [0.29, 0.717) is 0 Å². The van der Waals surface area contributed by atoms with Crippen molar-refractivity contribution < 1.29 is 4.79 Å². The van der Waals surface area contributed by atoms with Crippen LogP contribution in [0.25, 0.3) is 0 Å². The van der Waals surface area contributed by atoms with Crippen LogP contribution >= 0.6 is 0 Å². The molecule has 0 spiro atoms. The Morgan fingerprint density at radius 1 is 1.04 bits per heavy atom. The lowest BCUT2D eigenvalue weighted by molar-refractivity contribution is -0.122. The Labute approximate surface area is 136 Å². The maximum atomic E-state index is 12.4. The summed E-state index contributed by atoms with van der Waals surface area (Å²) < 4.78 is 0. The summed E-state index contributed by atoms with van der Waals surface area (Å²) in [6.45, 7) is 3.68. The lowest BCUT2D eigenvalue weighted by Crippen LogP contribution is -2.29. The smallest absolute Gasteiger partial charge is 0.257 e. The maximum absolute atomic E-state index is 12.4. The molecule has 0 saturated heterocycles. The van der Waals surface area contributed by atoms with Crippen LogP contribution in [0.2, 0.25) is 0 Å². The van der Waals surface area contributed by atoms with Crippen molar-refractivity contribution in [1.29, 1.82) is 0 Å². The molecule has 0 aromatic heterocycles. The normalized spacial score (nSPS) is 12.3. The van der Waals surface area contributed by atoms with Crippen LogP contribution < -0.4 is 11.1 Å². The third-order valence-electron chi connectivity index (χ3n) is 3.54. The van der Waals surface area contributed by atoms with Gasteiger partial charge in [-0.25, -0.2) is 0 Å². The summed E-state index contributed by atoms with van der Waals surface area (Å²) in [5, 5.41) is 3.07. The maximum Gasteiger partial charge on any atom is 0.257 e. The zero-order valence-electron chi connectivity index (χ0n) is 13.4. The number of carbonyl (C=O) groups excluding carboxylic acids is 1. The second kappa shape index (κ2) is 7.40. The van der Waals surface area contributed by atoms with Gasteiger partial charge >= 0.3 is 0 Å². The second-order valence-electron chi connectivity index (χ2n) is 5.68. The summed E-state index contributed by atoms with van der Waals surface area (Å²) in [4.78, 5) is 16.4. The van der Waals surface area contributed by atoms with Gasteiger partial charge < -0.3 is 11.1 Å². The third-order valence-corrected chi connectivity index (χ3v) is 3.54. The van der Waals surface area contributed by atoms with Crippen molar-refractivity contribution in [3.63, 3.8) is 0 Å². The highest BCUT2D eigenvalue weighted by atomic mass is 16.1. The molecule has 2 aromatic carbocycles. The first-order chi connectivity index (χ1) is 11.0. The minimum Gasteiger partial charge on any atom is -0.384 e. The molecule has 1 amide bonds. The van der Waals surface area contributed by atoms with E-state index in [4.69, 9.17) is 5.73 Å². The van der Waals surface area contributed by atoms with Crippen molar-refractivity contribution in [2.24, 2.45) is 10.7 Å². The van der Waals surface area contributed by atoms with Crippen molar-refractivity contribution in [3.8, 4) is 0 Å². The number of nitrogens with one attached hydrogen (secondary N) is 1. The number of carbonyl (C=O) groups is 1. The SMILES string of the molecule is CC(C)(C(=O)N=C(N)/C=C\Nc1ccccc1)c1ccccc1. The standard InChI is InChI=1S/C19H21N3O/c1-19(2,15-9-5-3-6-10-15)18(23)22-17(20)13-14-21-16-11-7-4-8-12-16/h3-14,21H,1-2H3,(H2,20,22,23)/b14-13-. The number of amides is 1. The predicted molar refractivity (Wildman–Crippen MR) is 95.3 cm³/mol. The Morgan fingerprint density at radius 2 is 1.61 bits per heavy atom. The average molecular weight is 307 g/mol. The number of anilines is 1. The molecule has 0 heterocycles. The number of amidine groups is 1. The molecule has 0 radical (unpaired) electrons. The first-order valence-corrected chi connectivity index (χ1v) is 7.42. The van der Waals surface area contributed by atoms with E-state index in [2.05, 4.69) is 10.3 Å². The van der Waals surface area contributed by atoms with E-state index in [-0.39, 0.29) is 11.7 Å². The Morgan fingerprint density at radius 3 is 2.22 bits per heavy atom. The summed E-state index contributed by atoms with van der Waals surface area (Å²) in [5.74, 6) is -0.104. The highest BCUT2D eigenvalue weighted by Gasteiger charge is 2.29. The van der Waals surface area contributed by atoms with Crippen LogP contribution in [0.3, 0.4) is 0 Å². The number of aliphatic imine (C=N–C) groups is 1. The third kappa shape index (κ3) is 4.54. The summed E-state index contributed by atoms with van der Waals surface area (Å²) in [6.07, 6.45) is 3.24. The summed E-state index contributed by atoms with van der Waals surface area (Å²) in [5.41, 5.74) is 6.95. The highest BCUT2D eigenvalue weighted by molar-refractivity contribution is 6.03. The summed E-state index contributed by atoms with van der Waals surface area (Å²) in [7, 11) is 0. The van der Waals surface area contributed by atoms with E-state index in [0.717, 1.165) is 11.3 Å². The second-order valence-corrected chi connectivity index (χ2v) is 5.68. The van der Waals surface area contributed by atoms with Crippen LogP contribution in [0.1, 0.15) is 19.4 Å². The molecule has 3 N–H and O–H groups in total. The van der Waals surface area contributed by atoms with Crippen LogP contribution in [-0.2, 0) is 10.2 Å². The van der Waals surface area contributed by atoms with Crippen molar-refractivity contribution in [2.45, 2.75) is 19.3 Å². The fourth-order valence-corrected chi connectivity index (χ4v) is 2.03. The van der Waals surface area contributed by atoms with Gasteiger partial charge in [0, 0.05) is 11.9 Å². The lowest BCUT2D eigenvalue weighted by Gasteiger charge is -2.20. The van der Waals surface area contributed by atoms with Crippen LogP contribution in [0.4, 0.5) is 5.69 Å². The largest absolute Gasteiger partial charge is 0.384 e. The van der Waals surface area contributed by atoms with Gasteiger partial charge in [0.1, 0.15) is 5.84 Å². The number of hydrogen-bond donors (Lipinski definition) is 2. The van der Waals surface area contributed by atoms with E-state index in [1.807, 2.05) is 74.5 Å². The molecule has 0 atom stereocenters. The number of hydrogen-bond acceptors (Lipinski definition) is 2. The molecule has 4 nitrogen and oxygen atoms in total. The molecule has 0 aliphatic heterocycles. The molecular weight excluding hydrogens is 286 g/mol. The highest BCUT2D eigenvalue weighted by Crippen LogP contribution is 2.24. The molecule has 23 heavy (non-hydrogen) atoms. The van der Waals surface area contributed by atoms with Gasteiger partial charge in [0.2, 0.25) is 0 Å². The minimum absolute atomic E-state index is 0.169. The number of para-hydroxylation sites is 1. The van der Waals surface area contributed by atoms with Gasteiger partial charge in [0.25, 0.3) is 5.91 Å². The Bertz CT molecular complexity index is 704. The summed E-state index contributed by atoms with van der Waals surface area (Å²) in [6, 6.07) is 19.2. The van der Waals surface area contributed by atoms with Crippen molar-refractivity contribution in [1.82, 2.24) is 0 Å². The van der Waals surface area contributed by atoms with Crippen LogP contribution in [0.15, 0.2) is 77.9 Å². The molecule has 0 saturated carbocycles. The van der Waals surface area contributed by atoms with Crippen molar-refractivity contribution in [2.75, 3.05) is 5.32 Å². The molecular formula is C19H21N3O. The van der Waals surface area contributed by atoms with Gasteiger partial charge in [-0.15, -0.1) is 0 Å². The summed E-state index contributed by atoms with van der Waals surface area (Å²) >= 11 is 0. The Balaban J connectivity index is 2.03. The lowest BCUT2D eigenvalue weighted by atomic mass is 9.84. The monoisotopic (exact) mass is 307 g/mol. The number of rotatable bonds is 5. The van der Waals surface area contributed by atoms with Crippen molar-refractivity contribution in [3.05, 3.63) is 78.5 Å². The van der Waals surface area contributed by atoms with Crippen LogP contribution in [0, 0.1) is 0 Å². The first kappa shape index (κ1) is 16.5. The Kier molecular flexibility index (Phi) is 5.31. The van der Waals surface area contributed by atoms with E-state index < -0.39 is 5.41 Å². The minimum atomic E-state index is -0.716. The van der Waals surface area contributed by atoms with Crippen molar-refractivity contribution >= 4 is 17.4 Å². The molecule has 0 aliphatic rings. The predicted octanol–water partition coefficient (Wildman–Crippen LogP) is 3.47. The fourth-order valence-electron chi connectivity index (χ4n) is 2.03. The number of benzene rings is 2. The molecule has 118 valence electrons. The molecule has 2 rings (SSSR count). The van der Waals surface area contributed by atoms with Gasteiger partial charge in [0.05, 0.1) is 5.41 Å². The Hall–Kier alpha value is -2.88. The van der Waals surface area contributed by atoms with E-state index in [1.54, 1.807) is 12.3 Å². The topological polar surface area (TPSA) is 67.5 Å². The molecule has 0 aliphatic carbocycles. The fraction of sp³-hybridized carbons (Fsp3) is 0.158. The van der Waals surface area contributed by atoms with E-state index in [9.17, 15) is 4.79 Å². The van der Waals surface area contributed by atoms with Gasteiger partial charge in [-0.2, -0.15) is 4.99 Å². The molecule has 0 bridgehead atoms. The number of nitrogens with two attached hydrogens (primary N) is 1. The van der Waals surface area contributed by atoms with Gasteiger partial charge in [-0.05, 0) is 37.6 Å². The molecule has 2 aromatic rings. The molecule has 0 fully saturated rings. The van der Waals surface area contributed by atoms with Gasteiger partial charge in [0.15, 0.2) is 0 Å². The van der Waals surface area contributed by atoms with Crippen LogP contribution in [-0.4, -0.2) is 11.7 Å². The van der Waals surface area contributed by atoms with Gasteiger partial charge in [-0.3, -0.25) is 4.79 Å². The van der Waals surface area contributed by atoms with Crippen LogP contribution in [0.5, 0.6) is 0 Å². The van der Waals surface area contributed by atoms with E-state index >= 15 is 0 Å². The zero-order valence-corrected chi connectivity index (χ0v) is 13.4. The number of nitrogens with zero attached hydrogens (tertiary/aromatic N) is 1. The van der Waals surface area contributed by atoms with Gasteiger partial charge in [-0.1, -0.05) is 48.5 Å². The average Bonchev–Trinajstić information content (AvgIpc) is 2.56. The first-order valence-electron chi connectivity index (χ1n) is 7.42.